The number of fused-ring (bicyclic) bond motifs is 1. The summed E-state index contributed by atoms with van der Waals surface area (Å²) in [5, 5.41) is 17.0. The lowest BCUT2D eigenvalue weighted by Crippen LogP contribution is -2.53. The predicted octanol–water partition coefficient (Wildman–Crippen LogP) is 1.61. The second kappa shape index (κ2) is 10.4. The molecule has 1 aromatic carbocycles. The molecule has 0 bridgehead atoms. The van der Waals surface area contributed by atoms with E-state index in [-0.39, 0.29) is 30.6 Å². The van der Waals surface area contributed by atoms with Crippen LogP contribution in [0.2, 0.25) is 0 Å². The number of benzene rings is 1. The van der Waals surface area contributed by atoms with E-state index in [0.29, 0.717) is 13.0 Å². The van der Waals surface area contributed by atoms with Gasteiger partial charge in [-0.05, 0) is 18.9 Å². The third-order valence-corrected chi connectivity index (χ3v) is 5.48. The second-order valence-electron chi connectivity index (χ2n) is 7.64. The number of hydrogen-bond donors (Lipinski definition) is 3. The van der Waals surface area contributed by atoms with Crippen molar-refractivity contribution < 1.29 is 28.2 Å². The summed E-state index contributed by atoms with van der Waals surface area (Å²) in [6, 6.07) is 3.54. The molecule has 1 unspecified atom stereocenters. The average Bonchev–Trinajstić information content (AvgIpc) is 2.80. The van der Waals surface area contributed by atoms with Crippen molar-refractivity contribution in [1.29, 1.82) is 0 Å². The summed E-state index contributed by atoms with van der Waals surface area (Å²) in [5.41, 5.74) is -1.88. The van der Waals surface area contributed by atoms with Gasteiger partial charge in [0.2, 0.25) is 5.43 Å². The molecule has 178 valence electrons. The number of hydrogen-bond acceptors (Lipinski definition) is 6. The molecular weight excluding hydrogens is 438 g/mol. The van der Waals surface area contributed by atoms with E-state index in [1.807, 2.05) is 6.92 Å². The van der Waals surface area contributed by atoms with Gasteiger partial charge in [0.05, 0.1) is 6.10 Å². The fraction of sp³-hybridized carbons (Fsp3) is 0.409. The van der Waals surface area contributed by atoms with Gasteiger partial charge >= 0.3 is 0 Å². The molecule has 0 aliphatic carbocycles. The molecule has 3 rings (SSSR count). The molecule has 0 saturated carbocycles. The highest BCUT2D eigenvalue weighted by molar-refractivity contribution is 5.99. The van der Waals surface area contributed by atoms with E-state index < -0.39 is 40.2 Å². The van der Waals surface area contributed by atoms with E-state index >= 15 is 0 Å². The van der Waals surface area contributed by atoms with Crippen molar-refractivity contribution in [2.24, 2.45) is 0 Å². The van der Waals surface area contributed by atoms with Crippen LogP contribution in [0.5, 0.6) is 5.75 Å². The van der Waals surface area contributed by atoms with E-state index in [9.17, 15) is 28.3 Å². The average molecular weight is 464 g/mol. The summed E-state index contributed by atoms with van der Waals surface area (Å²) in [7, 11) is 1.61. The van der Waals surface area contributed by atoms with Crippen molar-refractivity contribution in [3.8, 4) is 5.75 Å². The molecule has 2 aromatic rings. The number of nitrogens with zero attached hydrogens (tertiary/aromatic N) is 2. The molecule has 0 fully saturated rings. The summed E-state index contributed by atoms with van der Waals surface area (Å²) in [6.07, 6.45) is 3.51. The highest BCUT2D eigenvalue weighted by Gasteiger charge is 2.30. The minimum absolute atomic E-state index is 0.0204. The molecule has 0 saturated heterocycles. The maximum absolute atomic E-state index is 13.9. The van der Waals surface area contributed by atoms with Gasteiger partial charge in [0.25, 0.3) is 11.8 Å². The zero-order chi connectivity index (χ0) is 24.1. The highest BCUT2D eigenvalue weighted by atomic mass is 19.2. The quantitative estimate of drug-likeness (QED) is 0.520. The Balaban J connectivity index is 1.87. The van der Waals surface area contributed by atoms with Gasteiger partial charge in [0, 0.05) is 32.0 Å². The Morgan fingerprint density at radius 3 is 2.76 bits per heavy atom. The van der Waals surface area contributed by atoms with E-state index in [1.165, 1.54) is 16.8 Å². The molecule has 1 aliphatic rings. The normalized spacial score (nSPS) is 13.9. The SMILES string of the molecule is CCCC(CCN1CNC(=O)c2c(O)c(=O)c(C(=O)NCc3cccc(F)c3F)cn21)OC. The number of aromatic hydroxyl groups is 1. The van der Waals surface area contributed by atoms with Gasteiger partial charge in [-0.2, -0.15) is 0 Å². The first kappa shape index (κ1) is 24.2. The van der Waals surface area contributed by atoms with Gasteiger partial charge in [-0.15, -0.1) is 0 Å². The molecular formula is C22H26F2N4O5. The Morgan fingerprint density at radius 1 is 1.30 bits per heavy atom. The number of amides is 2. The summed E-state index contributed by atoms with van der Waals surface area (Å²) in [4.78, 5) is 37.6. The summed E-state index contributed by atoms with van der Waals surface area (Å²) >= 11 is 0. The fourth-order valence-electron chi connectivity index (χ4n) is 3.65. The summed E-state index contributed by atoms with van der Waals surface area (Å²) in [6.45, 7) is 2.16. The first-order valence-corrected chi connectivity index (χ1v) is 10.5. The monoisotopic (exact) mass is 464 g/mol. The molecule has 0 spiro atoms. The van der Waals surface area contributed by atoms with E-state index in [2.05, 4.69) is 10.6 Å². The molecule has 0 radical (unpaired) electrons. The minimum Gasteiger partial charge on any atom is -0.502 e. The minimum atomic E-state index is -1.11. The Kier molecular flexibility index (Phi) is 7.64. The van der Waals surface area contributed by atoms with Crippen LogP contribution in [-0.2, 0) is 11.3 Å². The maximum Gasteiger partial charge on any atom is 0.275 e. The Bertz CT molecular complexity index is 1100. The van der Waals surface area contributed by atoms with Gasteiger partial charge in [-0.25, -0.2) is 8.78 Å². The first-order chi connectivity index (χ1) is 15.8. The van der Waals surface area contributed by atoms with Crippen LogP contribution in [0.1, 0.15) is 52.6 Å². The summed E-state index contributed by atoms with van der Waals surface area (Å²) < 4.78 is 34.0. The molecule has 1 aliphatic heterocycles. The number of nitrogens with one attached hydrogen (secondary N) is 2. The topological polar surface area (TPSA) is 113 Å². The Labute approximate surface area is 188 Å². The number of rotatable bonds is 9. The Morgan fingerprint density at radius 2 is 2.06 bits per heavy atom. The fourth-order valence-corrected chi connectivity index (χ4v) is 3.65. The van der Waals surface area contributed by atoms with Crippen molar-refractivity contribution >= 4 is 11.8 Å². The molecule has 1 aromatic heterocycles. The van der Waals surface area contributed by atoms with E-state index in [0.717, 1.165) is 25.1 Å². The molecule has 33 heavy (non-hydrogen) atoms. The smallest absolute Gasteiger partial charge is 0.275 e. The maximum atomic E-state index is 13.9. The molecule has 11 heteroatoms. The van der Waals surface area contributed by atoms with Crippen molar-refractivity contribution in [3.05, 3.63) is 63.1 Å². The number of halogens is 2. The van der Waals surface area contributed by atoms with Crippen LogP contribution in [0.15, 0.2) is 29.2 Å². The standard InChI is InChI=1S/C22H26F2N4O5/c1-3-5-14(33-2)8-9-27-12-26-22(32)18-20(30)19(29)15(11-28(18)27)21(31)25-10-13-6-4-7-16(23)17(13)24/h4,6-7,11,14,30H,3,5,8-10,12H2,1-2H3,(H,25,31)(H,26,32). The van der Waals surface area contributed by atoms with Crippen LogP contribution >= 0.6 is 0 Å². The van der Waals surface area contributed by atoms with Crippen LogP contribution < -0.4 is 21.1 Å². The van der Waals surface area contributed by atoms with Crippen molar-refractivity contribution in [2.75, 3.05) is 25.3 Å². The lowest BCUT2D eigenvalue weighted by Gasteiger charge is -2.34. The number of ether oxygens (including phenoxy) is 1. The lowest BCUT2D eigenvalue weighted by atomic mass is 10.1. The van der Waals surface area contributed by atoms with Crippen molar-refractivity contribution in [2.45, 2.75) is 38.8 Å². The van der Waals surface area contributed by atoms with Crippen LogP contribution in [-0.4, -0.2) is 48.0 Å². The third kappa shape index (κ3) is 5.14. The molecule has 1 atom stereocenters. The lowest BCUT2D eigenvalue weighted by molar-refractivity contribution is 0.0846. The van der Waals surface area contributed by atoms with E-state index in [1.54, 1.807) is 12.1 Å². The molecule has 2 amide bonds. The highest BCUT2D eigenvalue weighted by Crippen LogP contribution is 2.18. The van der Waals surface area contributed by atoms with Crippen LogP contribution in [0.3, 0.4) is 0 Å². The first-order valence-electron chi connectivity index (χ1n) is 10.5. The number of carbonyl (C=O) groups excluding carboxylic acids is 2. The zero-order valence-corrected chi connectivity index (χ0v) is 18.4. The van der Waals surface area contributed by atoms with Crippen LogP contribution in [0, 0.1) is 11.6 Å². The largest absolute Gasteiger partial charge is 0.502 e. The van der Waals surface area contributed by atoms with Gasteiger partial charge in [-0.1, -0.05) is 25.5 Å². The summed E-state index contributed by atoms with van der Waals surface area (Å²) in [5.74, 6) is -4.61. The second-order valence-corrected chi connectivity index (χ2v) is 7.64. The number of aromatic nitrogens is 1. The van der Waals surface area contributed by atoms with Gasteiger partial charge in [0.15, 0.2) is 23.1 Å². The molecule has 3 N–H and O–H groups in total. The number of methoxy groups -OCH3 is 1. The van der Waals surface area contributed by atoms with Crippen molar-refractivity contribution in [1.82, 2.24) is 15.3 Å². The van der Waals surface area contributed by atoms with Crippen LogP contribution in [0.4, 0.5) is 8.78 Å². The number of pyridine rings is 1. The Hall–Kier alpha value is -3.47. The molecule has 9 nitrogen and oxygen atoms in total. The number of carbonyl (C=O) groups is 2. The van der Waals surface area contributed by atoms with Gasteiger partial charge in [0.1, 0.15) is 12.2 Å². The van der Waals surface area contributed by atoms with Crippen LogP contribution in [0.25, 0.3) is 0 Å². The van der Waals surface area contributed by atoms with Gasteiger partial charge < -0.3 is 20.5 Å². The van der Waals surface area contributed by atoms with E-state index in [4.69, 9.17) is 4.74 Å². The zero-order valence-electron chi connectivity index (χ0n) is 18.4. The third-order valence-electron chi connectivity index (χ3n) is 5.48. The van der Waals surface area contributed by atoms with Gasteiger partial charge in [-0.3, -0.25) is 24.1 Å². The molecule has 2 heterocycles. The van der Waals surface area contributed by atoms with Crippen molar-refractivity contribution in [3.63, 3.8) is 0 Å². The predicted molar refractivity (Wildman–Crippen MR) is 116 cm³/mol.